The molecule has 0 saturated carbocycles. The summed E-state index contributed by atoms with van der Waals surface area (Å²) >= 11 is 0. The highest BCUT2D eigenvalue weighted by atomic mass is 16.1. The van der Waals surface area contributed by atoms with Crippen molar-refractivity contribution in [2.45, 2.75) is 6.92 Å². The van der Waals surface area contributed by atoms with Crippen molar-refractivity contribution in [1.82, 2.24) is 15.2 Å². The van der Waals surface area contributed by atoms with Crippen LogP contribution in [0, 0.1) is 6.92 Å². The Bertz CT molecular complexity index is 1150. The first-order valence-corrected chi connectivity index (χ1v) is 9.41. The number of anilines is 5. The van der Waals surface area contributed by atoms with Crippen LogP contribution in [0.1, 0.15) is 16.1 Å². The molecule has 0 aliphatic heterocycles. The molecule has 0 bridgehead atoms. The van der Waals surface area contributed by atoms with Crippen LogP contribution in [0.25, 0.3) is 0 Å². The van der Waals surface area contributed by atoms with E-state index in [1.807, 2.05) is 61.5 Å². The summed E-state index contributed by atoms with van der Waals surface area (Å²) in [6.07, 6.45) is 5.00. The van der Waals surface area contributed by atoms with Crippen LogP contribution in [0.15, 0.2) is 85.3 Å². The van der Waals surface area contributed by atoms with Crippen molar-refractivity contribution < 1.29 is 4.79 Å². The number of pyridine rings is 1. The molecule has 7 nitrogen and oxygen atoms in total. The highest BCUT2D eigenvalue weighted by Gasteiger charge is 2.07. The lowest BCUT2D eigenvalue weighted by Gasteiger charge is -2.10. The minimum Gasteiger partial charge on any atom is -0.355 e. The van der Waals surface area contributed by atoms with Crippen molar-refractivity contribution in [2.24, 2.45) is 0 Å². The molecule has 30 heavy (non-hydrogen) atoms. The number of amides is 1. The molecular formula is C23H20N6O. The molecule has 0 saturated heterocycles. The van der Waals surface area contributed by atoms with Crippen molar-refractivity contribution in [3.05, 3.63) is 96.6 Å². The highest BCUT2D eigenvalue weighted by Crippen LogP contribution is 2.21. The topological polar surface area (TPSA) is 91.8 Å². The third-order valence-electron chi connectivity index (χ3n) is 4.33. The van der Waals surface area contributed by atoms with Gasteiger partial charge in [-0.25, -0.2) is 0 Å². The molecule has 0 aliphatic rings. The van der Waals surface area contributed by atoms with Gasteiger partial charge in [-0.3, -0.25) is 9.78 Å². The third kappa shape index (κ3) is 4.96. The van der Waals surface area contributed by atoms with E-state index in [0.29, 0.717) is 11.3 Å². The first-order valence-electron chi connectivity index (χ1n) is 9.41. The Hall–Kier alpha value is -4.26. The number of carbonyl (C=O) groups is 1. The second-order valence-corrected chi connectivity index (χ2v) is 6.68. The van der Waals surface area contributed by atoms with Crippen molar-refractivity contribution in [1.29, 1.82) is 0 Å². The average molecular weight is 396 g/mol. The molecule has 0 spiro atoms. The summed E-state index contributed by atoms with van der Waals surface area (Å²) in [7, 11) is 0. The van der Waals surface area contributed by atoms with E-state index >= 15 is 0 Å². The molecule has 3 N–H and O–H groups in total. The van der Waals surface area contributed by atoms with E-state index in [4.69, 9.17) is 0 Å². The lowest BCUT2D eigenvalue weighted by Crippen LogP contribution is -2.11. The van der Waals surface area contributed by atoms with E-state index in [2.05, 4.69) is 31.1 Å². The summed E-state index contributed by atoms with van der Waals surface area (Å²) < 4.78 is 0. The van der Waals surface area contributed by atoms with Gasteiger partial charge in [0.25, 0.3) is 5.91 Å². The Morgan fingerprint density at radius 2 is 1.47 bits per heavy atom. The number of rotatable bonds is 6. The quantitative estimate of drug-likeness (QED) is 0.428. The molecular weight excluding hydrogens is 376 g/mol. The molecule has 4 aromatic rings. The maximum absolute atomic E-state index is 12.6. The first-order chi connectivity index (χ1) is 14.7. The van der Waals surface area contributed by atoms with Crippen LogP contribution in [-0.2, 0) is 0 Å². The van der Waals surface area contributed by atoms with Crippen molar-refractivity contribution in [2.75, 3.05) is 16.0 Å². The number of hydrogen-bond acceptors (Lipinski definition) is 6. The van der Waals surface area contributed by atoms with Gasteiger partial charge in [-0.2, -0.15) is 10.2 Å². The van der Waals surface area contributed by atoms with E-state index < -0.39 is 0 Å². The first kappa shape index (κ1) is 19.1. The smallest absolute Gasteiger partial charge is 0.255 e. The molecule has 148 valence electrons. The van der Waals surface area contributed by atoms with Crippen LogP contribution in [0.4, 0.5) is 28.4 Å². The number of benzene rings is 2. The fourth-order valence-electron chi connectivity index (χ4n) is 2.90. The zero-order valence-corrected chi connectivity index (χ0v) is 16.3. The highest BCUT2D eigenvalue weighted by molar-refractivity contribution is 6.04. The SMILES string of the molecule is Cc1cc(Nc2ccc(C(=O)Nc3cccc(Nc4ccnnc4)c3)cc2)ccn1. The Labute approximate surface area is 174 Å². The van der Waals surface area contributed by atoms with Crippen LogP contribution in [0.2, 0.25) is 0 Å². The van der Waals surface area contributed by atoms with Gasteiger partial charge < -0.3 is 16.0 Å². The summed E-state index contributed by atoms with van der Waals surface area (Å²) in [6.45, 7) is 1.94. The van der Waals surface area contributed by atoms with Gasteiger partial charge in [-0.05, 0) is 67.6 Å². The fourth-order valence-corrected chi connectivity index (χ4v) is 2.90. The molecule has 0 aliphatic carbocycles. The van der Waals surface area contributed by atoms with Crippen LogP contribution >= 0.6 is 0 Å². The van der Waals surface area contributed by atoms with E-state index in [9.17, 15) is 4.79 Å². The number of nitrogens with zero attached hydrogens (tertiary/aromatic N) is 3. The maximum atomic E-state index is 12.6. The van der Waals surface area contributed by atoms with Crippen molar-refractivity contribution >= 4 is 34.3 Å². The molecule has 7 heteroatoms. The van der Waals surface area contributed by atoms with Gasteiger partial charge in [0.15, 0.2) is 0 Å². The number of carbonyl (C=O) groups excluding carboxylic acids is 1. The van der Waals surface area contributed by atoms with Gasteiger partial charge in [0, 0.05) is 40.2 Å². The molecule has 0 atom stereocenters. The van der Waals surface area contributed by atoms with Gasteiger partial charge in [0.2, 0.25) is 0 Å². The summed E-state index contributed by atoms with van der Waals surface area (Å²) in [5, 5.41) is 17.0. The van der Waals surface area contributed by atoms with E-state index in [1.165, 1.54) is 0 Å². The fraction of sp³-hybridized carbons (Fsp3) is 0.0435. The summed E-state index contributed by atoms with van der Waals surface area (Å²) in [5.41, 5.74) is 5.72. The van der Waals surface area contributed by atoms with Gasteiger partial charge in [-0.1, -0.05) is 6.07 Å². The minimum atomic E-state index is -0.177. The van der Waals surface area contributed by atoms with Crippen LogP contribution < -0.4 is 16.0 Å². The Kier molecular flexibility index (Phi) is 5.61. The Balaban J connectivity index is 1.40. The predicted octanol–water partition coefficient (Wildman–Crippen LogP) is 4.92. The second kappa shape index (κ2) is 8.83. The average Bonchev–Trinajstić information content (AvgIpc) is 2.75. The van der Waals surface area contributed by atoms with E-state index in [0.717, 1.165) is 28.4 Å². The molecule has 1 amide bonds. The number of nitrogens with one attached hydrogen (secondary N) is 3. The molecule has 0 unspecified atom stereocenters. The summed E-state index contributed by atoms with van der Waals surface area (Å²) in [6, 6.07) is 20.5. The van der Waals surface area contributed by atoms with E-state index in [1.54, 1.807) is 30.7 Å². The second-order valence-electron chi connectivity index (χ2n) is 6.68. The largest absolute Gasteiger partial charge is 0.355 e. The number of aryl methyl sites for hydroxylation is 1. The zero-order valence-electron chi connectivity index (χ0n) is 16.3. The van der Waals surface area contributed by atoms with Crippen molar-refractivity contribution in [3.8, 4) is 0 Å². The third-order valence-corrected chi connectivity index (χ3v) is 4.33. The number of hydrogen-bond donors (Lipinski definition) is 3. The summed E-state index contributed by atoms with van der Waals surface area (Å²) in [5.74, 6) is -0.177. The molecule has 4 rings (SSSR count). The molecule has 0 fully saturated rings. The summed E-state index contributed by atoms with van der Waals surface area (Å²) in [4.78, 5) is 16.8. The normalized spacial score (nSPS) is 10.3. The molecule has 2 heterocycles. The van der Waals surface area contributed by atoms with Gasteiger partial charge in [0.05, 0.1) is 18.1 Å². The lowest BCUT2D eigenvalue weighted by atomic mass is 10.1. The predicted molar refractivity (Wildman–Crippen MR) is 118 cm³/mol. The molecule has 2 aromatic carbocycles. The number of aromatic nitrogens is 3. The van der Waals surface area contributed by atoms with Gasteiger partial charge in [0.1, 0.15) is 0 Å². The van der Waals surface area contributed by atoms with Gasteiger partial charge in [-0.15, -0.1) is 0 Å². The molecule has 0 radical (unpaired) electrons. The molecule has 2 aromatic heterocycles. The maximum Gasteiger partial charge on any atom is 0.255 e. The zero-order chi connectivity index (χ0) is 20.8. The van der Waals surface area contributed by atoms with Crippen LogP contribution in [-0.4, -0.2) is 21.1 Å². The lowest BCUT2D eigenvalue weighted by molar-refractivity contribution is 0.102. The Morgan fingerprint density at radius 3 is 2.23 bits per heavy atom. The minimum absolute atomic E-state index is 0.177. The van der Waals surface area contributed by atoms with Crippen LogP contribution in [0.5, 0.6) is 0 Å². The standard InChI is InChI=1S/C23H20N6O/c1-16-13-21(9-11-24-16)27-18-7-5-17(6-8-18)23(30)29-20-4-2-3-19(14-20)28-22-10-12-25-26-15-22/h2-15H,1H3,(H,24,27)(H,25,28)(H,29,30). The van der Waals surface area contributed by atoms with Gasteiger partial charge >= 0.3 is 0 Å². The monoisotopic (exact) mass is 396 g/mol. The van der Waals surface area contributed by atoms with Crippen molar-refractivity contribution in [3.63, 3.8) is 0 Å². The Morgan fingerprint density at radius 1 is 0.733 bits per heavy atom. The van der Waals surface area contributed by atoms with E-state index in [-0.39, 0.29) is 5.91 Å². The van der Waals surface area contributed by atoms with Crippen LogP contribution in [0.3, 0.4) is 0 Å².